The Morgan fingerprint density at radius 3 is 1.88 bits per heavy atom. The first kappa shape index (κ1) is 23.6. The van der Waals surface area contributed by atoms with E-state index in [9.17, 15) is 18.5 Å². The van der Waals surface area contributed by atoms with E-state index in [0.717, 1.165) is 5.56 Å². The van der Waals surface area contributed by atoms with Crippen LogP contribution in [0.4, 0.5) is 5.69 Å². The minimum absolute atomic E-state index is 0.0704. The van der Waals surface area contributed by atoms with Crippen LogP contribution in [0.15, 0.2) is 83.3 Å². The van der Waals surface area contributed by atoms with E-state index in [0.29, 0.717) is 21.4 Å². The van der Waals surface area contributed by atoms with Gasteiger partial charge < -0.3 is 9.47 Å². The van der Waals surface area contributed by atoms with Crippen LogP contribution in [0.2, 0.25) is 0 Å². The molecule has 168 valence electrons. The molecule has 0 fully saturated rings. The lowest BCUT2D eigenvalue weighted by Crippen LogP contribution is -2.37. The van der Waals surface area contributed by atoms with Crippen LogP contribution in [-0.2, 0) is 14.8 Å². The second-order valence-electron chi connectivity index (χ2n) is 7.03. The minimum Gasteiger partial charge on any atom is -0.497 e. The maximum atomic E-state index is 13.5. The Hall–Kier alpha value is -4.09. The standard InChI is InChI=1S/C25H22N2O5S/c1-18-4-14-24(15-5-18)33(29,30)27(21-8-12-23(32-3)13-9-21)25(28)20(17-26)16-19-6-10-22(31-2)11-7-19/h4-16H,1-3H3/b20-16+. The van der Waals surface area contributed by atoms with Crippen molar-refractivity contribution in [1.82, 2.24) is 0 Å². The summed E-state index contributed by atoms with van der Waals surface area (Å²) >= 11 is 0. The molecule has 0 atom stereocenters. The van der Waals surface area contributed by atoms with Gasteiger partial charge in [0.1, 0.15) is 23.1 Å². The zero-order valence-electron chi connectivity index (χ0n) is 18.3. The van der Waals surface area contributed by atoms with Gasteiger partial charge in [-0.05, 0) is 67.1 Å². The van der Waals surface area contributed by atoms with Crippen LogP contribution in [0.1, 0.15) is 11.1 Å². The first-order valence-electron chi connectivity index (χ1n) is 9.86. The molecule has 0 saturated heterocycles. The number of hydrogen-bond acceptors (Lipinski definition) is 6. The van der Waals surface area contributed by atoms with Crippen molar-refractivity contribution in [2.24, 2.45) is 0 Å². The van der Waals surface area contributed by atoms with Gasteiger partial charge in [0.15, 0.2) is 0 Å². The predicted octanol–water partition coefficient (Wildman–Crippen LogP) is 4.34. The summed E-state index contributed by atoms with van der Waals surface area (Å²) in [5.41, 5.74) is 1.15. The van der Waals surface area contributed by atoms with Crippen molar-refractivity contribution in [3.63, 3.8) is 0 Å². The summed E-state index contributed by atoms with van der Waals surface area (Å²) in [6.45, 7) is 1.83. The smallest absolute Gasteiger partial charge is 0.282 e. The van der Waals surface area contributed by atoms with Crippen LogP contribution >= 0.6 is 0 Å². The summed E-state index contributed by atoms with van der Waals surface area (Å²) in [5, 5.41) is 9.70. The number of benzene rings is 3. The van der Waals surface area contributed by atoms with Gasteiger partial charge in [0.05, 0.1) is 24.8 Å². The molecule has 0 bridgehead atoms. The highest BCUT2D eigenvalue weighted by atomic mass is 32.2. The van der Waals surface area contributed by atoms with Crippen LogP contribution in [0.5, 0.6) is 11.5 Å². The van der Waals surface area contributed by atoms with Crippen LogP contribution in [0.25, 0.3) is 6.08 Å². The van der Waals surface area contributed by atoms with Crippen molar-refractivity contribution in [3.05, 3.63) is 89.5 Å². The lowest BCUT2D eigenvalue weighted by atomic mass is 10.1. The number of aryl methyl sites for hydroxylation is 1. The van der Waals surface area contributed by atoms with Gasteiger partial charge in [0, 0.05) is 0 Å². The second-order valence-corrected chi connectivity index (χ2v) is 8.82. The third-order valence-corrected chi connectivity index (χ3v) is 6.55. The number of sulfonamides is 1. The summed E-state index contributed by atoms with van der Waals surface area (Å²) in [6, 6.07) is 20.6. The fourth-order valence-corrected chi connectivity index (χ4v) is 4.42. The van der Waals surface area contributed by atoms with Crippen molar-refractivity contribution in [1.29, 1.82) is 5.26 Å². The van der Waals surface area contributed by atoms with E-state index >= 15 is 0 Å². The minimum atomic E-state index is -4.32. The topological polar surface area (TPSA) is 96.7 Å². The van der Waals surface area contributed by atoms with Crippen LogP contribution in [0.3, 0.4) is 0 Å². The van der Waals surface area contributed by atoms with Crippen LogP contribution in [-0.4, -0.2) is 28.5 Å². The fourth-order valence-electron chi connectivity index (χ4n) is 3.02. The number of amides is 1. The van der Waals surface area contributed by atoms with Gasteiger partial charge in [0.2, 0.25) is 0 Å². The maximum absolute atomic E-state index is 13.5. The van der Waals surface area contributed by atoms with Gasteiger partial charge in [-0.2, -0.15) is 9.57 Å². The number of nitrogens with zero attached hydrogens (tertiary/aromatic N) is 2. The Morgan fingerprint density at radius 2 is 1.39 bits per heavy atom. The summed E-state index contributed by atoms with van der Waals surface area (Å²) in [7, 11) is -1.31. The average molecular weight is 463 g/mol. The molecule has 0 heterocycles. The molecule has 3 rings (SSSR count). The average Bonchev–Trinajstić information content (AvgIpc) is 2.83. The molecular weight excluding hydrogens is 440 g/mol. The fraction of sp³-hybridized carbons (Fsp3) is 0.120. The van der Waals surface area contributed by atoms with Crippen molar-refractivity contribution in [2.45, 2.75) is 11.8 Å². The highest BCUT2D eigenvalue weighted by Crippen LogP contribution is 2.28. The Labute approximate surface area is 193 Å². The molecule has 3 aromatic carbocycles. The summed E-state index contributed by atoms with van der Waals surface area (Å²) in [5.74, 6) is 0.131. The number of rotatable bonds is 7. The van der Waals surface area contributed by atoms with E-state index in [-0.39, 0.29) is 16.2 Å². The van der Waals surface area contributed by atoms with E-state index in [2.05, 4.69) is 0 Å². The Bertz CT molecular complexity index is 1310. The highest BCUT2D eigenvalue weighted by molar-refractivity contribution is 7.93. The van der Waals surface area contributed by atoms with E-state index in [1.165, 1.54) is 44.6 Å². The SMILES string of the molecule is COc1ccc(/C=C(\C#N)C(=O)N(c2ccc(OC)cc2)S(=O)(=O)c2ccc(C)cc2)cc1. The van der Waals surface area contributed by atoms with E-state index in [4.69, 9.17) is 9.47 Å². The van der Waals surface area contributed by atoms with E-state index < -0.39 is 15.9 Å². The van der Waals surface area contributed by atoms with Crippen LogP contribution in [0, 0.1) is 18.3 Å². The molecule has 0 aliphatic rings. The monoisotopic (exact) mass is 462 g/mol. The Balaban J connectivity index is 2.12. The summed E-state index contributed by atoms with van der Waals surface area (Å²) in [6.07, 6.45) is 1.34. The first-order valence-corrected chi connectivity index (χ1v) is 11.3. The normalized spacial score (nSPS) is 11.4. The quantitative estimate of drug-likeness (QED) is 0.383. The van der Waals surface area contributed by atoms with Gasteiger partial charge in [-0.1, -0.05) is 29.8 Å². The van der Waals surface area contributed by atoms with Gasteiger partial charge in [0.25, 0.3) is 15.9 Å². The molecule has 8 heteroatoms. The van der Waals surface area contributed by atoms with Crippen molar-refractivity contribution < 1.29 is 22.7 Å². The molecule has 0 saturated carbocycles. The van der Waals surface area contributed by atoms with Gasteiger partial charge in [-0.15, -0.1) is 0 Å². The van der Waals surface area contributed by atoms with Crippen LogP contribution < -0.4 is 13.8 Å². The summed E-state index contributed by atoms with van der Waals surface area (Å²) in [4.78, 5) is 13.4. The molecule has 1 amide bonds. The van der Waals surface area contributed by atoms with Gasteiger partial charge in [-0.3, -0.25) is 4.79 Å². The zero-order valence-corrected chi connectivity index (χ0v) is 19.2. The molecule has 3 aromatic rings. The van der Waals surface area contributed by atoms with Crippen molar-refractivity contribution >= 4 is 27.7 Å². The van der Waals surface area contributed by atoms with Crippen molar-refractivity contribution in [2.75, 3.05) is 18.5 Å². The Morgan fingerprint density at radius 1 is 0.879 bits per heavy atom. The lowest BCUT2D eigenvalue weighted by molar-refractivity contribution is -0.113. The number of hydrogen-bond donors (Lipinski definition) is 0. The highest BCUT2D eigenvalue weighted by Gasteiger charge is 2.33. The summed E-state index contributed by atoms with van der Waals surface area (Å²) < 4.78 is 37.9. The third-order valence-electron chi connectivity index (χ3n) is 4.83. The molecule has 0 unspecified atom stereocenters. The molecule has 0 N–H and O–H groups in total. The largest absolute Gasteiger partial charge is 0.497 e. The molecule has 0 spiro atoms. The van der Waals surface area contributed by atoms with Gasteiger partial charge in [-0.25, -0.2) is 8.42 Å². The second kappa shape index (κ2) is 10.0. The first-order chi connectivity index (χ1) is 15.8. The predicted molar refractivity (Wildman–Crippen MR) is 125 cm³/mol. The molecule has 0 aliphatic carbocycles. The number of carbonyl (C=O) groups is 1. The van der Waals surface area contributed by atoms with Gasteiger partial charge >= 0.3 is 0 Å². The zero-order chi connectivity index (χ0) is 24.0. The number of anilines is 1. The maximum Gasteiger partial charge on any atom is 0.282 e. The number of nitriles is 1. The lowest BCUT2D eigenvalue weighted by Gasteiger charge is -2.22. The number of methoxy groups -OCH3 is 2. The molecule has 7 nitrogen and oxygen atoms in total. The van der Waals surface area contributed by atoms with E-state index in [1.54, 1.807) is 48.5 Å². The molecule has 0 aromatic heterocycles. The molecule has 33 heavy (non-hydrogen) atoms. The van der Waals surface area contributed by atoms with Crippen molar-refractivity contribution in [3.8, 4) is 17.6 Å². The number of carbonyl (C=O) groups excluding carboxylic acids is 1. The molecular formula is C25H22N2O5S. The third kappa shape index (κ3) is 5.22. The molecule has 0 aliphatic heterocycles. The number of ether oxygens (including phenoxy) is 2. The van der Waals surface area contributed by atoms with E-state index in [1.807, 2.05) is 13.0 Å². The molecule has 0 radical (unpaired) electrons. The Kier molecular flexibility index (Phi) is 7.16.